The highest BCUT2D eigenvalue weighted by atomic mass is 16.1. The van der Waals surface area contributed by atoms with Crippen LogP contribution in [0.4, 0.5) is 11.5 Å². The zero-order chi connectivity index (χ0) is 23.5. The maximum absolute atomic E-state index is 12.9. The van der Waals surface area contributed by atoms with E-state index < -0.39 is 0 Å². The fourth-order valence-corrected chi connectivity index (χ4v) is 4.55. The minimum absolute atomic E-state index is 0.0624. The minimum Gasteiger partial charge on any atom is -0.369 e. The van der Waals surface area contributed by atoms with Crippen LogP contribution >= 0.6 is 0 Å². The zero-order valence-electron chi connectivity index (χ0n) is 19.9. The number of nitrogens with zero attached hydrogens (tertiary/aromatic N) is 4. The maximum Gasteiger partial charge on any atom is 0.181 e. The number of nitrogens with one attached hydrogen (secondary N) is 1. The first-order valence-corrected chi connectivity index (χ1v) is 11.9. The average Bonchev–Trinajstić information content (AvgIpc) is 2.87. The number of aromatic nitrogens is 1. The van der Waals surface area contributed by atoms with Gasteiger partial charge in [-0.2, -0.15) is 0 Å². The number of Topliss-reactive ketones (excluding diaryl/α,β-unsaturated/α-hetero) is 1. The van der Waals surface area contributed by atoms with Crippen LogP contribution in [-0.2, 0) is 0 Å². The fraction of sp³-hybridized carbons (Fsp3) is 0.286. The number of benzene rings is 2. The van der Waals surface area contributed by atoms with Crippen molar-refractivity contribution in [1.29, 1.82) is 0 Å². The predicted molar refractivity (Wildman–Crippen MR) is 140 cm³/mol. The van der Waals surface area contributed by atoms with Gasteiger partial charge in [-0.3, -0.25) is 4.79 Å². The Morgan fingerprint density at radius 2 is 1.85 bits per heavy atom. The molecule has 6 heteroatoms. The summed E-state index contributed by atoms with van der Waals surface area (Å²) in [6, 6.07) is 16.4. The van der Waals surface area contributed by atoms with Crippen molar-refractivity contribution in [1.82, 2.24) is 14.8 Å². The smallest absolute Gasteiger partial charge is 0.181 e. The predicted octanol–water partition coefficient (Wildman–Crippen LogP) is 4.47. The van der Waals surface area contributed by atoms with Gasteiger partial charge >= 0.3 is 0 Å². The number of carbonyl (C=O) groups excluding carboxylic acids is 1. The molecular weight excluding hydrogens is 422 g/mol. The lowest BCUT2D eigenvalue weighted by Gasteiger charge is -2.34. The number of piperazine rings is 1. The Kier molecular flexibility index (Phi) is 6.32. The molecule has 0 saturated carbocycles. The minimum atomic E-state index is 0.0624. The van der Waals surface area contributed by atoms with Crippen LogP contribution in [0.25, 0.3) is 16.5 Å². The summed E-state index contributed by atoms with van der Waals surface area (Å²) in [7, 11) is 4.21. The van der Waals surface area contributed by atoms with Gasteiger partial charge in [0.05, 0.1) is 6.54 Å². The van der Waals surface area contributed by atoms with Gasteiger partial charge in [-0.25, -0.2) is 4.98 Å². The number of anilines is 2. The molecule has 2 aliphatic heterocycles. The van der Waals surface area contributed by atoms with Crippen LogP contribution in [0.1, 0.15) is 22.3 Å². The summed E-state index contributed by atoms with van der Waals surface area (Å²) in [6.07, 6.45) is 9.28. The second-order valence-corrected chi connectivity index (χ2v) is 9.07. The molecule has 174 valence electrons. The van der Waals surface area contributed by atoms with Crippen molar-refractivity contribution in [3.63, 3.8) is 0 Å². The molecule has 0 unspecified atom stereocenters. The van der Waals surface area contributed by atoms with Crippen molar-refractivity contribution in [2.75, 3.05) is 57.0 Å². The van der Waals surface area contributed by atoms with Crippen molar-refractivity contribution < 1.29 is 4.79 Å². The van der Waals surface area contributed by atoms with Crippen LogP contribution in [0.3, 0.4) is 0 Å². The van der Waals surface area contributed by atoms with Crippen molar-refractivity contribution in [2.45, 2.75) is 6.42 Å². The Hall–Kier alpha value is -3.64. The third kappa shape index (κ3) is 4.82. The zero-order valence-corrected chi connectivity index (χ0v) is 19.9. The number of hydrogen-bond acceptors (Lipinski definition) is 6. The number of hydrogen-bond donors (Lipinski definition) is 1. The van der Waals surface area contributed by atoms with E-state index in [-0.39, 0.29) is 12.3 Å². The molecule has 2 aliphatic rings. The van der Waals surface area contributed by atoms with Gasteiger partial charge in [-0.05, 0) is 48.7 Å². The molecule has 1 N–H and O–H groups in total. The molecule has 3 aromatic rings. The van der Waals surface area contributed by atoms with E-state index in [0.29, 0.717) is 5.82 Å². The fourth-order valence-electron chi connectivity index (χ4n) is 4.55. The quantitative estimate of drug-likeness (QED) is 0.556. The molecule has 34 heavy (non-hydrogen) atoms. The van der Waals surface area contributed by atoms with E-state index in [1.807, 2.05) is 30.5 Å². The summed E-state index contributed by atoms with van der Waals surface area (Å²) in [5.41, 5.74) is 4.22. The number of pyridine rings is 1. The Labute approximate surface area is 201 Å². The molecule has 0 spiro atoms. The van der Waals surface area contributed by atoms with E-state index in [2.05, 4.69) is 81.7 Å². The van der Waals surface area contributed by atoms with Crippen LogP contribution in [0, 0.1) is 0 Å². The monoisotopic (exact) mass is 453 g/mol. The van der Waals surface area contributed by atoms with Crippen LogP contribution in [0.5, 0.6) is 0 Å². The van der Waals surface area contributed by atoms with Gasteiger partial charge in [0.1, 0.15) is 5.82 Å². The third-order valence-electron chi connectivity index (χ3n) is 6.64. The molecule has 1 aromatic heterocycles. The molecule has 0 radical (unpaired) electrons. The van der Waals surface area contributed by atoms with Crippen LogP contribution in [-0.4, -0.2) is 67.4 Å². The number of carbonyl (C=O) groups is 1. The molecule has 5 rings (SSSR count). The van der Waals surface area contributed by atoms with E-state index >= 15 is 0 Å². The van der Waals surface area contributed by atoms with Crippen molar-refractivity contribution in [2.24, 2.45) is 0 Å². The second-order valence-electron chi connectivity index (χ2n) is 9.07. The molecule has 3 heterocycles. The SMILES string of the molecule is CN1CCN(c2cccc(C(=O)CNc3cc4cc(C5=CCC=CN5C)ccc4cn3)c2)CC1. The number of allylic oxidation sites excluding steroid dienone is 2. The molecule has 2 aromatic carbocycles. The average molecular weight is 454 g/mol. The maximum atomic E-state index is 12.9. The first-order valence-electron chi connectivity index (χ1n) is 11.9. The lowest BCUT2D eigenvalue weighted by Crippen LogP contribution is -2.44. The number of ketones is 1. The molecule has 0 atom stereocenters. The summed E-state index contributed by atoms with van der Waals surface area (Å²) in [4.78, 5) is 24.3. The van der Waals surface area contributed by atoms with Gasteiger partial charge in [0, 0.05) is 68.0 Å². The first kappa shape index (κ1) is 22.2. The first-order chi connectivity index (χ1) is 16.6. The van der Waals surface area contributed by atoms with Gasteiger partial charge in [-0.15, -0.1) is 0 Å². The molecule has 1 saturated heterocycles. The van der Waals surface area contributed by atoms with E-state index in [9.17, 15) is 4.79 Å². The Bertz CT molecular complexity index is 1260. The van der Waals surface area contributed by atoms with E-state index in [1.165, 1.54) is 11.3 Å². The molecule has 0 aliphatic carbocycles. The summed E-state index contributed by atoms with van der Waals surface area (Å²) in [6.45, 7) is 4.26. The number of rotatable bonds is 6. The molecule has 0 amide bonds. The Morgan fingerprint density at radius 3 is 2.68 bits per heavy atom. The Morgan fingerprint density at radius 1 is 1.00 bits per heavy atom. The van der Waals surface area contributed by atoms with Crippen molar-refractivity contribution in [3.05, 3.63) is 84.2 Å². The largest absolute Gasteiger partial charge is 0.369 e. The van der Waals surface area contributed by atoms with Gasteiger partial charge in [-0.1, -0.05) is 36.4 Å². The van der Waals surface area contributed by atoms with Gasteiger partial charge < -0.3 is 20.0 Å². The Balaban J connectivity index is 1.28. The summed E-state index contributed by atoms with van der Waals surface area (Å²) in [5, 5.41) is 5.41. The third-order valence-corrected chi connectivity index (χ3v) is 6.64. The highest BCUT2D eigenvalue weighted by molar-refractivity contribution is 6.00. The van der Waals surface area contributed by atoms with Gasteiger partial charge in [0.15, 0.2) is 5.78 Å². The van der Waals surface area contributed by atoms with Crippen molar-refractivity contribution in [3.8, 4) is 0 Å². The van der Waals surface area contributed by atoms with Crippen LogP contribution < -0.4 is 10.2 Å². The standard InChI is InChI=1S/C28H31N5O/c1-31-12-14-33(15-13-31)25-7-5-6-22(17-25)27(34)20-30-28-18-24-16-21(9-10-23(24)19-29-28)26-8-3-4-11-32(26)2/h4-11,16-19H,3,12-15,20H2,1-2H3,(H,29,30). The van der Waals surface area contributed by atoms with Gasteiger partial charge in [0.25, 0.3) is 0 Å². The normalized spacial score (nSPS) is 16.6. The van der Waals surface area contributed by atoms with Gasteiger partial charge in [0.2, 0.25) is 0 Å². The highest BCUT2D eigenvalue weighted by Gasteiger charge is 2.16. The summed E-state index contributed by atoms with van der Waals surface area (Å²) in [5.74, 6) is 0.770. The summed E-state index contributed by atoms with van der Waals surface area (Å²) < 4.78 is 0. The number of fused-ring (bicyclic) bond motifs is 1. The van der Waals surface area contributed by atoms with E-state index in [0.717, 1.165) is 54.6 Å². The van der Waals surface area contributed by atoms with E-state index in [1.54, 1.807) is 0 Å². The van der Waals surface area contributed by atoms with Crippen LogP contribution in [0.15, 0.2) is 73.1 Å². The van der Waals surface area contributed by atoms with E-state index in [4.69, 9.17) is 0 Å². The summed E-state index contributed by atoms with van der Waals surface area (Å²) >= 11 is 0. The molecule has 1 fully saturated rings. The molecular formula is C28H31N5O. The second kappa shape index (κ2) is 9.69. The highest BCUT2D eigenvalue weighted by Crippen LogP contribution is 2.27. The molecule has 6 nitrogen and oxygen atoms in total. The molecule has 0 bridgehead atoms. The van der Waals surface area contributed by atoms with Crippen molar-refractivity contribution >= 4 is 33.8 Å². The lowest BCUT2D eigenvalue weighted by molar-refractivity contribution is 0.101. The van der Waals surface area contributed by atoms with Crippen LogP contribution in [0.2, 0.25) is 0 Å². The number of likely N-dealkylation sites (N-methyl/N-ethyl adjacent to an activating group) is 1. The topological polar surface area (TPSA) is 51.7 Å². The lowest BCUT2D eigenvalue weighted by atomic mass is 10.0.